The number of rotatable bonds is 13. The number of unbranched alkanes of at least 4 members (excludes halogenated alkanes) is 1. The van der Waals surface area contributed by atoms with Gasteiger partial charge < -0.3 is 32.1 Å². The first-order valence-electron chi connectivity index (χ1n) is 13.8. The Hall–Kier alpha value is -4.00. The number of aliphatic carboxylic acids is 1. The number of carboxylic acids is 1. The fraction of sp³-hybridized carbons (Fsp3) is 0.556. The van der Waals surface area contributed by atoms with Gasteiger partial charge in [-0.05, 0) is 51.1 Å². The van der Waals surface area contributed by atoms with Crippen molar-refractivity contribution < 1.29 is 24.3 Å². The number of benzene rings is 1. The number of carboxylic acid groups (broad SMARTS) is 1. The number of nitrogens with one attached hydrogen (secondary N) is 2. The predicted octanol–water partition coefficient (Wildman–Crippen LogP) is 1.28. The maximum absolute atomic E-state index is 13.5. The highest BCUT2D eigenvalue weighted by Gasteiger charge is 2.36. The van der Waals surface area contributed by atoms with Gasteiger partial charge >= 0.3 is 12.0 Å². The molecule has 3 atom stereocenters. The minimum atomic E-state index is -1.18. The van der Waals surface area contributed by atoms with Crippen molar-refractivity contribution in [1.82, 2.24) is 30.5 Å². The Morgan fingerprint density at radius 2 is 1.73 bits per heavy atom. The van der Waals surface area contributed by atoms with E-state index in [0.717, 1.165) is 42.3 Å². The summed E-state index contributed by atoms with van der Waals surface area (Å²) < 4.78 is 1.01. The molecule has 1 saturated carbocycles. The van der Waals surface area contributed by atoms with Crippen molar-refractivity contribution in [2.24, 2.45) is 5.73 Å². The van der Waals surface area contributed by atoms with Crippen LogP contribution in [0.4, 0.5) is 10.6 Å². The van der Waals surface area contributed by atoms with E-state index in [9.17, 15) is 24.3 Å². The van der Waals surface area contributed by atoms with E-state index < -0.39 is 41.9 Å². The van der Waals surface area contributed by atoms with Gasteiger partial charge in [0.1, 0.15) is 18.1 Å². The van der Waals surface area contributed by atoms with Crippen LogP contribution >= 0.6 is 0 Å². The fourth-order valence-corrected chi connectivity index (χ4v) is 4.99. The van der Waals surface area contributed by atoms with Crippen molar-refractivity contribution in [1.29, 1.82) is 0 Å². The van der Waals surface area contributed by atoms with Crippen LogP contribution in [-0.4, -0.2) is 79.5 Å². The van der Waals surface area contributed by atoms with Gasteiger partial charge in [0.05, 0.1) is 6.20 Å². The number of nitrogens with two attached hydrogens (primary N) is 2. The Morgan fingerprint density at radius 3 is 2.33 bits per heavy atom. The highest BCUT2D eigenvalue weighted by atomic mass is 16.4. The number of nitrogen functional groups attached to an aromatic ring is 1. The number of carbonyl (C=O) groups excluding carboxylic acids is 3. The van der Waals surface area contributed by atoms with Crippen LogP contribution in [0.1, 0.15) is 63.9 Å². The first-order chi connectivity index (χ1) is 19.2. The normalized spacial score (nSPS) is 15.9. The molecule has 7 N–H and O–H groups in total. The second-order valence-corrected chi connectivity index (χ2v) is 10.2. The lowest BCUT2D eigenvalue weighted by Crippen LogP contribution is -2.58. The third-order valence-electron chi connectivity index (χ3n) is 7.17. The lowest BCUT2D eigenvalue weighted by atomic mass is 9.93. The number of anilines is 1. The molecule has 1 aliphatic rings. The molecule has 40 heavy (non-hydrogen) atoms. The second kappa shape index (κ2) is 15.0. The van der Waals surface area contributed by atoms with E-state index in [4.69, 9.17) is 11.5 Å². The van der Waals surface area contributed by atoms with Crippen LogP contribution in [0.5, 0.6) is 0 Å². The average molecular weight is 557 g/mol. The van der Waals surface area contributed by atoms with Crippen molar-refractivity contribution in [2.45, 2.75) is 88.9 Å². The molecule has 1 aromatic carbocycles. The van der Waals surface area contributed by atoms with Gasteiger partial charge in [0.25, 0.3) is 0 Å². The average Bonchev–Trinajstić information content (AvgIpc) is 3.39. The van der Waals surface area contributed by atoms with Crippen LogP contribution < -0.4 is 22.1 Å². The molecule has 13 nitrogen and oxygen atoms in total. The molecule has 218 valence electrons. The van der Waals surface area contributed by atoms with Gasteiger partial charge in [-0.2, -0.15) is 4.68 Å². The monoisotopic (exact) mass is 556 g/mol. The second-order valence-electron chi connectivity index (χ2n) is 10.2. The highest BCUT2D eigenvalue weighted by Crippen LogP contribution is 2.25. The minimum Gasteiger partial charge on any atom is -0.480 e. The molecule has 3 rings (SSSR count). The van der Waals surface area contributed by atoms with Crippen LogP contribution in [-0.2, 0) is 20.8 Å². The van der Waals surface area contributed by atoms with E-state index >= 15 is 0 Å². The van der Waals surface area contributed by atoms with Crippen molar-refractivity contribution >= 4 is 29.6 Å². The smallest absolute Gasteiger partial charge is 0.347 e. The third kappa shape index (κ3) is 8.50. The number of hydrogen-bond donors (Lipinski definition) is 5. The van der Waals surface area contributed by atoms with Gasteiger partial charge in [-0.3, -0.25) is 9.59 Å². The minimum absolute atomic E-state index is 0.0779. The fourth-order valence-electron chi connectivity index (χ4n) is 4.99. The summed E-state index contributed by atoms with van der Waals surface area (Å²) in [7, 11) is 0. The quantitative estimate of drug-likeness (QED) is 0.225. The number of amides is 3. The largest absolute Gasteiger partial charge is 0.480 e. The molecule has 0 spiro atoms. The zero-order valence-electron chi connectivity index (χ0n) is 22.9. The molecule has 0 bridgehead atoms. The Kier molecular flexibility index (Phi) is 11.4. The van der Waals surface area contributed by atoms with E-state index in [1.54, 1.807) is 31.2 Å². The van der Waals surface area contributed by atoms with Crippen molar-refractivity contribution in [2.75, 3.05) is 12.3 Å². The van der Waals surface area contributed by atoms with E-state index in [2.05, 4.69) is 20.9 Å². The Bertz CT molecular complexity index is 1130. The number of hydrogen-bond acceptors (Lipinski definition) is 8. The van der Waals surface area contributed by atoms with Crippen molar-refractivity contribution in [3.8, 4) is 0 Å². The van der Waals surface area contributed by atoms with Gasteiger partial charge in [0.15, 0.2) is 5.82 Å². The maximum atomic E-state index is 13.5. The van der Waals surface area contributed by atoms with Gasteiger partial charge in [-0.1, -0.05) is 54.8 Å². The van der Waals surface area contributed by atoms with Gasteiger partial charge in [-0.15, -0.1) is 5.10 Å². The molecule has 0 aliphatic heterocycles. The zero-order chi connectivity index (χ0) is 29.1. The molecular weight excluding hydrogens is 516 g/mol. The molecule has 1 aliphatic carbocycles. The van der Waals surface area contributed by atoms with Gasteiger partial charge in [-0.25, -0.2) is 9.59 Å². The highest BCUT2D eigenvalue weighted by molar-refractivity contribution is 5.93. The molecule has 3 amide bonds. The van der Waals surface area contributed by atoms with Gasteiger partial charge in [0.2, 0.25) is 11.8 Å². The maximum Gasteiger partial charge on any atom is 0.347 e. The topological polar surface area (TPSA) is 199 Å². The number of carbonyl (C=O) groups is 4. The lowest BCUT2D eigenvalue weighted by molar-refractivity contribution is -0.142. The molecule has 1 fully saturated rings. The van der Waals surface area contributed by atoms with E-state index in [-0.39, 0.29) is 24.7 Å². The summed E-state index contributed by atoms with van der Waals surface area (Å²) in [6.45, 7) is 2.02. The standard InChI is InChI=1S/C27H40N8O5/c1-18(35(20-12-6-3-7-13-20)27(40)34-17-23(29)32-33-34)24(36)30-21(14-8-9-15-28)25(37)31-22(26(38)39)16-19-10-4-2-5-11-19/h2,4-5,10-11,17-18,20-22H,3,6-9,12-16,28-29H2,1H3,(H,30,36)(H,31,37)(H,38,39)/t18-,21-,22-/m0/s1. The van der Waals surface area contributed by atoms with Crippen LogP contribution in [0.25, 0.3) is 0 Å². The first-order valence-corrected chi connectivity index (χ1v) is 13.8. The molecule has 2 aromatic rings. The van der Waals surface area contributed by atoms with Crippen LogP contribution in [0.3, 0.4) is 0 Å². The van der Waals surface area contributed by atoms with E-state index in [1.165, 1.54) is 11.1 Å². The summed E-state index contributed by atoms with van der Waals surface area (Å²) >= 11 is 0. The number of nitrogens with zero attached hydrogens (tertiary/aromatic N) is 4. The molecule has 0 unspecified atom stereocenters. The first kappa shape index (κ1) is 30.5. The summed E-state index contributed by atoms with van der Waals surface area (Å²) in [6.07, 6.45) is 7.17. The summed E-state index contributed by atoms with van der Waals surface area (Å²) in [5, 5.41) is 22.6. The summed E-state index contributed by atoms with van der Waals surface area (Å²) in [6, 6.07) is 5.11. The zero-order valence-corrected chi connectivity index (χ0v) is 22.9. The van der Waals surface area contributed by atoms with Gasteiger partial charge in [0, 0.05) is 12.5 Å². The Labute approximate surface area is 233 Å². The Morgan fingerprint density at radius 1 is 1.05 bits per heavy atom. The molecule has 1 heterocycles. The molecule has 0 radical (unpaired) electrons. The number of aromatic nitrogens is 3. The van der Waals surface area contributed by atoms with E-state index in [1.807, 2.05) is 6.07 Å². The Balaban J connectivity index is 1.77. The summed E-state index contributed by atoms with van der Waals surface area (Å²) in [5.74, 6) is -2.25. The summed E-state index contributed by atoms with van der Waals surface area (Å²) in [4.78, 5) is 53.7. The third-order valence-corrected chi connectivity index (χ3v) is 7.17. The van der Waals surface area contributed by atoms with Crippen molar-refractivity contribution in [3.63, 3.8) is 0 Å². The molecule has 0 saturated heterocycles. The van der Waals surface area contributed by atoms with E-state index in [0.29, 0.717) is 19.4 Å². The molecular formula is C27H40N8O5. The predicted molar refractivity (Wildman–Crippen MR) is 148 cm³/mol. The molecule has 1 aromatic heterocycles. The van der Waals surface area contributed by atoms with Crippen molar-refractivity contribution in [3.05, 3.63) is 42.1 Å². The lowest BCUT2D eigenvalue weighted by Gasteiger charge is -2.37. The summed E-state index contributed by atoms with van der Waals surface area (Å²) in [5.41, 5.74) is 12.0. The van der Waals surface area contributed by atoms with Crippen LogP contribution in [0.2, 0.25) is 0 Å². The van der Waals surface area contributed by atoms with Crippen LogP contribution in [0, 0.1) is 0 Å². The SMILES string of the molecule is C[C@@H](C(=O)N[C@@H](CCCCN)C(=O)N[C@@H](Cc1ccccc1)C(=O)O)N(C(=O)n1cc(N)nn1)C1CCCCC1. The van der Waals surface area contributed by atoms with Crippen LogP contribution in [0.15, 0.2) is 36.5 Å². The molecule has 13 heteroatoms.